The Morgan fingerprint density at radius 3 is 2.50 bits per heavy atom. The molecule has 1 atom stereocenters. The zero-order valence-electron chi connectivity index (χ0n) is 10.8. The van der Waals surface area contributed by atoms with E-state index in [9.17, 15) is 0 Å². The molecule has 0 radical (unpaired) electrons. The highest BCUT2D eigenvalue weighted by molar-refractivity contribution is 7.99. The second kappa shape index (κ2) is 6.57. The van der Waals surface area contributed by atoms with Gasteiger partial charge in [0, 0.05) is 22.0 Å². The van der Waals surface area contributed by atoms with Gasteiger partial charge in [0.1, 0.15) is 0 Å². The first-order valence-electron chi connectivity index (χ1n) is 6.22. The zero-order valence-corrected chi connectivity index (χ0v) is 11.6. The summed E-state index contributed by atoms with van der Waals surface area (Å²) in [6, 6.07) is 14.9. The normalized spacial score (nSPS) is 12.3. The van der Waals surface area contributed by atoms with E-state index in [0.717, 1.165) is 12.2 Å². The molecule has 1 aromatic heterocycles. The average molecular weight is 258 g/mol. The third kappa shape index (κ3) is 3.59. The van der Waals surface area contributed by atoms with Crippen LogP contribution >= 0.6 is 11.8 Å². The Balaban J connectivity index is 2.04. The fourth-order valence-electron chi connectivity index (χ4n) is 1.74. The lowest BCUT2D eigenvalue weighted by molar-refractivity contribution is 0.582. The Morgan fingerprint density at radius 1 is 1.11 bits per heavy atom. The van der Waals surface area contributed by atoms with Crippen LogP contribution in [0.2, 0.25) is 0 Å². The summed E-state index contributed by atoms with van der Waals surface area (Å²) < 4.78 is 0. The smallest absolute Gasteiger partial charge is 0.0571 e. The summed E-state index contributed by atoms with van der Waals surface area (Å²) in [5, 5.41) is 3.36. The number of hydrogen-bond donors (Lipinski definition) is 1. The van der Waals surface area contributed by atoms with Crippen molar-refractivity contribution < 1.29 is 0 Å². The standard InChI is InChI=1S/C15H18N2S/c1-3-16-12(2)15-10-9-14(11-17-15)18-13-7-5-4-6-8-13/h4-12,16H,3H2,1-2H3. The maximum atomic E-state index is 4.51. The van der Waals surface area contributed by atoms with Gasteiger partial charge in [-0.1, -0.05) is 36.9 Å². The molecule has 18 heavy (non-hydrogen) atoms. The number of rotatable bonds is 5. The van der Waals surface area contributed by atoms with Crippen LogP contribution in [0.15, 0.2) is 58.5 Å². The molecule has 1 unspecified atom stereocenters. The molecule has 3 heteroatoms. The summed E-state index contributed by atoms with van der Waals surface area (Å²) in [4.78, 5) is 6.93. The minimum Gasteiger partial charge on any atom is -0.309 e. The molecule has 0 aliphatic carbocycles. The summed E-state index contributed by atoms with van der Waals surface area (Å²) in [7, 11) is 0. The summed E-state index contributed by atoms with van der Waals surface area (Å²) in [6.07, 6.45) is 1.95. The predicted octanol–water partition coefficient (Wildman–Crippen LogP) is 3.90. The SMILES string of the molecule is CCNC(C)c1ccc(Sc2ccccc2)cn1. The Bertz CT molecular complexity index is 468. The van der Waals surface area contributed by atoms with E-state index in [1.165, 1.54) is 9.79 Å². The van der Waals surface area contributed by atoms with Crippen molar-refractivity contribution in [1.82, 2.24) is 10.3 Å². The maximum absolute atomic E-state index is 4.51. The van der Waals surface area contributed by atoms with Crippen molar-refractivity contribution in [2.75, 3.05) is 6.54 Å². The highest BCUT2D eigenvalue weighted by Crippen LogP contribution is 2.27. The average Bonchev–Trinajstić information content (AvgIpc) is 2.41. The highest BCUT2D eigenvalue weighted by Gasteiger charge is 2.05. The van der Waals surface area contributed by atoms with Gasteiger partial charge in [-0.15, -0.1) is 0 Å². The summed E-state index contributed by atoms with van der Waals surface area (Å²) in [5.74, 6) is 0. The molecule has 1 aromatic carbocycles. The summed E-state index contributed by atoms with van der Waals surface area (Å²) in [5.41, 5.74) is 1.09. The molecule has 2 rings (SSSR count). The highest BCUT2D eigenvalue weighted by atomic mass is 32.2. The molecular formula is C15H18N2S. The largest absolute Gasteiger partial charge is 0.309 e. The van der Waals surface area contributed by atoms with Crippen molar-refractivity contribution >= 4 is 11.8 Å². The van der Waals surface area contributed by atoms with Crippen molar-refractivity contribution in [3.8, 4) is 0 Å². The topological polar surface area (TPSA) is 24.9 Å². The third-order valence-corrected chi connectivity index (χ3v) is 3.68. The molecule has 94 valence electrons. The lowest BCUT2D eigenvalue weighted by Gasteiger charge is -2.11. The van der Waals surface area contributed by atoms with Crippen LogP contribution in [0.25, 0.3) is 0 Å². The Hall–Kier alpha value is -1.32. The molecule has 0 spiro atoms. The van der Waals surface area contributed by atoms with Gasteiger partial charge in [0.15, 0.2) is 0 Å². The lowest BCUT2D eigenvalue weighted by Crippen LogP contribution is -2.18. The molecule has 0 saturated carbocycles. The van der Waals surface area contributed by atoms with E-state index in [2.05, 4.69) is 60.5 Å². The van der Waals surface area contributed by atoms with Crippen molar-refractivity contribution in [2.45, 2.75) is 29.7 Å². The van der Waals surface area contributed by atoms with Crippen LogP contribution in [0.4, 0.5) is 0 Å². The first-order chi connectivity index (χ1) is 8.79. The van der Waals surface area contributed by atoms with Crippen LogP contribution in [0.5, 0.6) is 0 Å². The minimum atomic E-state index is 0.311. The second-order valence-corrected chi connectivity index (χ2v) is 5.26. The van der Waals surface area contributed by atoms with Gasteiger partial charge < -0.3 is 5.32 Å². The predicted molar refractivity (Wildman–Crippen MR) is 76.9 cm³/mol. The molecule has 1 heterocycles. The molecular weight excluding hydrogens is 240 g/mol. The molecule has 0 aliphatic rings. The van der Waals surface area contributed by atoms with Crippen LogP contribution in [0.3, 0.4) is 0 Å². The van der Waals surface area contributed by atoms with Crippen LogP contribution in [0, 0.1) is 0 Å². The molecule has 2 aromatic rings. The van der Waals surface area contributed by atoms with Gasteiger partial charge in [0.2, 0.25) is 0 Å². The molecule has 0 amide bonds. The third-order valence-electron chi connectivity index (χ3n) is 2.69. The number of hydrogen-bond acceptors (Lipinski definition) is 3. The van der Waals surface area contributed by atoms with E-state index in [4.69, 9.17) is 0 Å². The Labute approximate surface area is 113 Å². The number of benzene rings is 1. The second-order valence-electron chi connectivity index (χ2n) is 4.11. The van der Waals surface area contributed by atoms with Crippen molar-refractivity contribution in [3.63, 3.8) is 0 Å². The quantitative estimate of drug-likeness (QED) is 0.880. The molecule has 0 fully saturated rings. The number of nitrogens with zero attached hydrogens (tertiary/aromatic N) is 1. The van der Waals surface area contributed by atoms with Gasteiger partial charge in [0.25, 0.3) is 0 Å². The van der Waals surface area contributed by atoms with Gasteiger partial charge in [-0.3, -0.25) is 4.98 Å². The Kier molecular flexibility index (Phi) is 4.79. The molecule has 2 nitrogen and oxygen atoms in total. The van der Waals surface area contributed by atoms with E-state index in [1.54, 1.807) is 11.8 Å². The van der Waals surface area contributed by atoms with E-state index in [-0.39, 0.29) is 0 Å². The van der Waals surface area contributed by atoms with Crippen LogP contribution < -0.4 is 5.32 Å². The van der Waals surface area contributed by atoms with Crippen LogP contribution in [-0.2, 0) is 0 Å². The fourth-order valence-corrected chi connectivity index (χ4v) is 2.55. The minimum absolute atomic E-state index is 0.311. The fraction of sp³-hybridized carbons (Fsp3) is 0.267. The number of nitrogens with one attached hydrogen (secondary N) is 1. The monoisotopic (exact) mass is 258 g/mol. The van der Waals surface area contributed by atoms with Crippen LogP contribution in [0.1, 0.15) is 25.6 Å². The molecule has 1 N–H and O–H groups in total. The van der Waals surface area contributed by atoms with E-state index < -0.39 is 0 Å². The maximum Gasteiger partial charge on any atom is 0.0571 e. The number of pyridine rings is 1. The first-order valence-corrected chi connectivity index (χ1v) is 7.03. The Morgan fingerprint density at radius 2 is 1.89 bits per heavy atom. The van der Waals surface area contributed by atoms with Crippen molar-refractivity contribution in [3.05, 3.63) is 54.4 Å². The van der Waals surface area contributed by atoms with Gasteiger partial charge in [-0.05, 0) is 37.7 Å². The van der Waals surface area contributed by atoms with Gasteiger partial charge in [0.05, 0.1) is 5.69 Å². The summed E-state index contributed by atoms with van der Waals surface area (Å²) >= 11 is 1.74. The number of aromatic nitrogens is 1. The van der Waals surface area contributed by atoms with Crippen molar-refractivity contribution in [1.29, 1.82) is 0 Å². The zero-order chi connectivity index (χ0) is 12.8. The van der Waals surface area contributed by atoms with E-state index >= 15 is 0 Å². The summed E-state index contributed by atoms with van der Waals surface area (Å²) in [6.45, 7) is 5.20. The van der Waals surface area contributed by atoms with Gasteiger partial charge in [-0.25, -0.2) is 0 Å². The van der Waals surface area contributed by atoms with Crippen molar-refractivity contribution in [2.24, 2.45) is 0 Å². The first kappa shape index (κ1) is 13.1. The van der Waals surface area contributed by atoms with Gasteiger partial charge >= 0.3 is 0 Å². The molecule has 0 saturated heterocycles. The molecule has 0 aliphatic heterocycles. The molecule has 0 bridgehead atoms. The van der Waals surface area contributed by atoms with E-state index in [0.29, 0.717) is 6.04 Å². The van der Waals surface area contributed by atoms with Crippen LogP contribution in [-0.4, -0.2) is 11.5 Å². The van der Waals surface area contributed by atoms with E-state index in [1.807, 2.05) is 12.3 Å². The van der Waals surface area contributed by atoms with Gasteiger partial charge in [-0.2, -0.15) is 0 Å². The lowest BCUT2D eigenvalue weighted by atomic mass is 10.2.